The molecule has 1 unspecified atom stereocenters. The minimum Gasteiger partial charge on any atom is -0.350 e. The highest BCUT2D eigenvalue weighted by Gasteiger charge is 2.15. The summed E-state index contributed by atoms with van der Waals surface area (Å²) in [5.74, 6) is 1.20. The second-order valence-corrected chi connectivity index (χ2v) is 5.70. The maximum absolute atomic E-state index is 12.0. The summed E-state index contributed by atoms with van der Waals surface area (Å²) in [5, 5.41) is 3.02. The van der Waals surface area contributed by atoms with E-state index in [0.29, 0.717) is 24.8 Å². The smallest absolute Gasteiger partial charge is 0.220 e. The zero-order valence-electron chi connectivity index (χ0n) is 12.8. The van der Waals surface area contributed by atoms with Crippen molar-refractivity contribution in [3.8, 4) is 0 Å². The first-order valence-electron chi connectivity index (χ1n) is 7.44. The molecular weight excluding hydrogens is 250 g/mol. The quantitative estimate of drug-likeness (QED) is 0.767. The van der Waals surface area contributed by atoms with Crippen molar-refractivity contribution < 1.29 is 4.79 Å². The Morgan fingerprint density at radius 2 is 2.10 bits per heavy atom. The number of nitrogens with zero attached hydrogens (tertiary/aromatic N) is 1. The second-order valence-electron chi connectivity index (χ2n) is 5.70. The molecular formula is C16H27N3O. The SMILES string of the molecule is CC(C)C(CCN)CCC(=O)N[C@@H](C)c1cccnc1. The van der Waals surface area contributed by atoms with Gasteiger partial charge in [-0.25, -0.2) is 0 Å². The fourth-order valence-electron chi connectivity index (χ4n) is 2.37. The first-order valence-corrected chi connectivity index (χ1v) is 7.44. The first-order chi connectivity index (χ1) is 9.54. The number of aromatic nitrogens is 1. The Labute approximate surface area is 122 Å². The van der Waals surface area contributed by atoms with Crippen molar-refractivity contribution in [1.29, 1.82) is 0 Å². The Balaban J connectivity index is 2.39. The molecule has 1 aromatic rings. The molecule has 0 radical (unpaired) electrons. The molecule has 0 aliphatic carbocycles. The van der Waals surface area contributed by atoms with Gasteiger partial charge in [0.1, 0.15) is 0 Å². The van der Waals surface area contributed by atoms with E-state index in [1.54, 1.807) is 12.4 Å². The van der Waals surface area contributed by atoms with Gasteiger partial charge in [-0.2, -0.15) is 0 Å². The van der Waals surface area contributed by atoms with Gasteiger partial charge in [0.25, 0.3) is 0 Å². The second kappa shape index (κ2) is 8.69. The van der Waals surface area contributed by atoms with Gasteiger partial charge in [0.15, 0.2) is 0 Å². The molecule has 4 heteroatoms. The predicted octanol–water partition coefficient (Wildman–Crippen LogP) is 2.66. The average Bonchev–Trinajstić information content (AvgIpc) is 2.44. The minimum atomic E-state index is 0.00297. The standard InChI is InChI=1S/C16H27N3O/c1-12(2)14(8-9-17)6-7-16(20)19-13(3)15-5-4-10-18-11-15/h4-5,10-14H,6-9,17H2,1-3H3,(H,19,20)/t13-,14?/m0/s1. The normalized spacial score (nSPS) is 14.1. The Morgan fingerprint density at radius 1 is 1.35 bits per heavy atom. The summed E-state index contributed by atoms with van der Waals surface area (Å²) < 4.78 is 0. The van der Waals surface area contributed by atoms with Gasteiger partial charge < -0.3 is 11.1 Å². The third kappa shape index (κ3) is 5.70. The Morgan fingerprint density at radius 3 is 2.65 bits per heavy atom. The number of pyridine rings is 1. The van der Waals surface area contributed by atoms with Crippen molar-refractivity contribution in [3.05, 3.63) is 30.1 Å². The van der Waals surface area contributed by atoms with Crippen LogP contribution >= 0.6 is 0 Å². The van der Waals surface area contributed by atoms with E-state index in [-0.39, 0.29) is 11.9 Å². The number of rotatable bonds is 8. The summed E-state index contributed by atoms with van der Waals surface area (Å²) >= 11 is 0. The number of amides is 1. The molecule has 20 heavy (non-hydrogen) atoms. The molecule has 0 saturated carbocycles. The molecule has 0 aliphatic rings. The molecule has 4 nitrogen and oxygen atoms in total. The summed E-state index contributed by atoms with van der Waals surface area (Å²) in [7, 11) is 0. The van der Waals surface area contributed by atoms with Crippen LogP contribution in [-0.4, -0.2) is 17.4 Å². The summed E-state index contributed by atoms with van der Waals surface area (Å²) in [4.78, 5) is 16.1. The Kier molecular flexibility index (Phi) is 7.23. The van der Waals surface area contributed by atoms with Crippen LogP contribution in [0.15, 0.2) is 24.5 Å². The number of nitrogens with two attached hydrogens (primary N) is 1. The van der Waals surface area contributed by atoms with Crippen molar-refractivity contribution in [1.82, 2.24) is 10.3 Å². The lowest BCUT2D eigenvalue weighted by molar-refractivity contribution is -0.122. The van der Waals surface area contributed by atoms with Crippen LogP contribution in [0.2, 0.25) is 0 Å². The third-order valence-electron chi connectivity index (χ3n) is 3.78. The van der Waals surface area contributed by atoms with Crippen molar-refractivity contribution in [2.75, 3.05) is 6.54 Å². The molecule has 112 valence electrons. The van der Waals surface area contributed by atoms with Gasteiger partial charge in [0, 0.05) is 18.8 Å². The topological polar surface area (TPSA) is 68.0 Å². The largest absolute Gasteiger partial charge is 0.350 e. The molecule has 1 amide bonds. The van der Waals surface area contributed by atoms with Crippen LogP contribution in [0.3, 0.4) is 0 Å². The summed E-state index contributed by atoms with van der Waals surface area (Å²) in [5.41, 5.74) is 6.65. The lowest BCUT2D eigenvalue weighted by Crippen LogP contribution is -2.27. The number of nitrogens with one attached hydrogen (secondary N) is 1. The molecule has 0 aromatic carbocycles. The van der Waals surface area contributed by atoms with Crippen LogP contribution in [0.1, 0.15) is 51.6 Å². The maximum Gasteiger partial charge on any atom is 0.220 e. The van der Waals surface area contributed by atoms with Crippen molar-refractivity contribution in [3.63, 3.8) is 0 Å². The molecule has 0 bridgehead atoms. The molecule has 1 aromatic heterocycles. The van der Waals surface area contributed by atoms with Crippen LogP contribution in [0.5, 0.6) is 0 Å². The number of carbonyl (C=O) groups is 1. The zero-order chi connectivity index (χ0) is 15.0. The molecule has 1 rings (SSSR count). The molecule has 1 heterocycles. The summed E-state index contributed by atoms with van der Waals surface area (Å²) in [6.07, 6.45) is 5.98. The van der Waals surface area contributed by atoms with Gasteiger partial charge in [-0.15, -0.1) is 0 Å². The number of hydrogen-bond donors (Lipinski definition) is 2. The van der Waals surface area contributed by atoms with Gasteiger partial charge in [-0.05, 0) is 49.8 Å². The van der Waals surface area contributed by atoms with Gasteiger partial charge in [-0.1, -0.05) is 19.9 Å². The summed E-state index contributed by atoms with van der Waals surface area (Å²) in [6, 6.07) is 3.86. The van der Waals surface area contributed by atoms with E-state index in [0.717, 1.165) is 18.4 Å². The van der Waals surface area contributed by atoms with Crippen LogP contribution in [0.25, 0.3) is 0 Å². The molecule has 0 fully saturated rings. The zero-order valence-corrected chi connectivity index (χ0v) is 12.8. The van der Waals surface area contributed by atoms with Crippen molar-refractivity contribution >= 4 is 5.91 Å². The lowest BCUT2D eigenvalue weighted by atomic mass is 9.88. The molecule has 3 N–H and O–H groups in total. The van der Waals surface area contributed by atoms with Crippen LogP contribution in [0, 0.1) is 11.8 Å². The van der Waals surface area contributed by atoms with Crippen molar-refractivity contribution in [2.24, 2.45) is 17.6 Å². The van der Waals surface area contributed by atoms with Gasteiger partial charge in [0.2, 0.25) is 5.91 Å². The van der Waals surface area contributed by atoms with E-state index in [4.69, 9.17) is 5.73 Å². The Bertz CT molecular complexity index is 392. The van der Waals surface area contributed by atoms with E-state index < -0.39 is 0 Å². The van der Waals surface area contributed by atoms with E-state index in [2.05, 4.69) is 24.1 Å². The van der Waals surface area contributed by atoms with E-state index in [9.17, 15) is 4.79 Å². The fraction of sp³-hybridized carbons (Fsp3) is 0.625. The number of carbonyl (C=O) groups excluding carboxylic acids is 1. The lowest BCUT2D eigenvalue weighted by Gasteiger charge is -2.20. The molecule has 0 aliphatic heterocycles. The molecule has 0 saturated heterocycles. The molecule has 2 atom stereocenters. The fourth-order valence-corrected chi connectivity index (χ4v) is 2.37. The van der Waals surface area contributed by atoms with E-state index in [1.807, 2.05) is 19.1 Å². The highest BCUT2D eigenvalue weighted by atomic mass is 16.1. The van der Waals surface area contributed by atoms with Gasteiger partial charge in [0.05, 0.1) is 6.04 Å². The Hall–Kier alpha value is -1.42. The van der Waals surface area contributed by atoms with E-state index >= 15 is 0 Å². The van der Waals surface area contributed by atoms with Gasteiger partial charge >= 0.3 is 0 Å². The van der Waals surface area contributed by atoms with Crippen LogP contribution < -0.4 is 11.1 Å². The number of hydrogen-bond acceptors (Lipinski definition) is 3. The monoisotopic (exact) mass is 277 g/mol. The highest BCUT2D eigenvalue weighted by Crippen LogP contribution is 2.20. The minimum absolute atomic E-state index is 0.00297. The molecule has 0 spiro atoms. The summed E-state index contributed by atoms with van der Waals surface area (Å²) in [6.45, 7) is 7.05. The third-order valence-corrected chi connectivity index (χ3v) is 3.78. The van der Waals surface area contributed by atoms with Crippen molar-refractivity contribution in [2.45, 2.75) is 46.1 Å². The average molecular weight is 277 g/mol. The van der Waals surface area contributed by atoms with E-state index in [1.165, 1.54) is 0 Å². The maximum atomic E-state index is 12.0. The van der Waals surface area contributed by atoms with Crippen LogP contribution in [0.4, 0.5) is 0 Å². The van der Waals surface area contributed by atoms with Crippen LogP contribution in [-0.2, 0) is 4.79 Å². The van der Waals surface area contributed by atoms with Gasteiger partial charge in [-0.3, -0.25) is 9.78 Å². The highest BCUT2D eigenvalue weighted by molar-refractivity contribution is 5.76. The predicted molar refractivity (Wildman–Crippen MR) is 82.0 cm³/mol. The first kappa shape index (κ1) is 16.6.